The maximum atomic E-state index is 8.63. The van der Waals surface area contributed by atoms with Gasteiger partial charge >= 0.3 is 0 Å². The number of unbranched alkanes of at least 4 members (excludes halogenated alkanes) is 1. The molecule has 0 saturated heterocycles. The first kappa shape index (κ1) is 10.7. The van der Waals surface area contributed by atoms with Crippen molar-refractivity contribution in [1.29, 1.82) is 0 Å². The van der Waals surface area contributed by atoms with Gasteiger partial charge in [-0.2, -0.15) is 0 Å². The van der Waals surface area contributed by atoms with Crippen molar-refractivity contribution in [1.82, 2.24) is 4.98 Å². The van der Waals surface area contributed by atoms with Gasteiger partial charge in [-0.05, 0) is 24.6 Å². The van der Waals surface area contributed by atoms with Crippen LogP contribution in [0.5, 0.6) is 0 Å². The van der Waals surface area contributed by atoms with Crippen LogP contribution in [-0.2, 0) is 0 Å². The van der Waals surface area contributed by atoms with Crippen molar-refractivity contribution in [2.45, 2.75) is 12.8 Å². The number of aliphatic hydroxyl groups is 1. The Bertz CT molecular complexity index is 537. The highest BCUT2D eigenvalue weighted by Crippen LogP contribution is 2.12. The van der Waals surface area contributed by atoms with Gasteiger partial charge in [0.05, 0.1) is 5.52 Å². The average Bonchev–Trinajstić information content (AvgIpc) is 2.34. The summed E-state index contributed by atoms with van der Waals surface area (Å²) in [4.78, 5) is 4.28. The van der Waals surface area contributed by atoms with Crippen molar-refractivity contribution < 1.29 is 5.11 Å². The maximum absolute atomic E-state index is 8.63. The summed E-state index contributed by atoms with van der Waals surface area (Å²) in [7, 11) is 0. The monoisotopic (exact) mass is 211 g/mol. The van der Waals surface area contributed by atoms with Crippen LogP contribution in [0.2, 0.25) is 0 Å². The number of aliphatic hydroxyl groups excluding tert-OH is 1. The molecule has 2 rings (SSSR count). The highest BCUT2D eigenvalue weighted by Gasteiger charge is 1.93. The second-order valence-electron chi connectivity index (χ2n) is 3.54. The molecule has 0 saturated carbocycles. The van der Waals surface area contributed by atoms with Crippen LogP contribution in [0.4, 0.5) is 0 Å². The lowest BCUT2D eigenvalue weighted by atomic mass is 10.1. The first-order valence-electron chi connectivity index (χ1n) is 5.34. The smallest absolute Gasteiger partial charge is 0.0714 e. The van der Waals surface area contributed by atoms with Crippen molar-refractivity contribution in [3.05, 3.63) is 42.1 Å². The Morgan fingerprint density at radius 3 is 3.06 bits per heavy atom. The van der Waals surface area contributed by atoms with Crippen molar-refractivity contribution in [3.8, 4) is 11.8 Å². The minimum absolute atomic E-state index is 0.202. The molecule has 1 N–H and O–H groups in total. The molecule has 2 aromatic rings. The van der Waals surface area contributed by atoms with Crippen LogP contribution in [0.25, 0.3) is 10.9 Å². The second kappa shape index (κ2) is 5.29. The topological polar surface area (TPSA) is 33.1 Å². The van der Waals surface area contributed by atoms with E-state index < -0.39 is 0 Å². The largest absolute Gasteiger partial charge is 0.396 e. The number of hydrogen-bond donors (Lipinski definition) is 1. The van der Waals surface area contributed by atoms with Crippen molar-refractivity contribution >= 4 is 10.9 Å². The summed E-state index contributed by atoms with van der Waals surface area (Å²) in [6, 6.07) is 9.97. The zero-order chi connectivity index (χ0) is 11.2. The van der Waals surface area contributed by atoms with Gasteiger partial charge in [-0.25, -0.2) is 0 Å². The number of rotatable bonds is 2. The molecule has 16 heavy (non-hydrogen) atoms. The van der Waals surface area contributed by atoms with Gasteiger partial charge in [0.15, 0.2) is 0 Å². The number of pyridine rings is 1. The minimum atomic E-state index is 0.202. The zero-order valence-electron chi connectivity index (χ0n) is 8.98. The van der Waals surface area contributed by atoms with Crippen LogP contribution in [0.3, 0.4) is 0 Å². The Labute approximate surface area is 95.0 Å². The minimum Gasteiger partial charge on any atom is -0.396 e. The molecule has 0 radical (unpaired) electrons. The van der Waals surface area contributed by atoms with E-state index in [0.717, 1.165) is 29.3 Å². The molecule has 0 bridgehead atoms. The van der Waals surface area contributed by atoms with Gasteiger partial charge < -0.3 is 5.11 Å². The SMILES string of the molecule is OCCCC#Cc1ccc2cccnc2c1. The first-order chi connectivity index (χ1) is 7.90. The summed E-state index contributed by atoms with van der Waals surface area (Å²) in [5.41, 5.74) is 1.94. The Balaban J connectivity index is 2.21. The first-order valence-corrected chi connectivity index (χ1v) is 5.34. The third kappa shape index (κ3) is 2.59. The molecule has 0 aliphatic carbocycles. The van der Waals surface area contributed by atoms with E-state index in [1.54, 1.807) is 6.20 Å². The van der Waals surface area contributed by atoms with Gasteiger partial charge in [0.25, 0.3) is 0 Å². The van der Waals surface area contributed by atoms with Crippen LogP contribution in [0.1, 0.15) is 18.4 Å². The lowest BCUT2D eigenvalue weighted by Crippen LogP contribution is -1.81. The van der Waals surface area contributed by atoms with Crippen LogP contribution in [-0.4, -0.2) is 16.7 Å². The highest BCUT2D eigenvalue weighted by molar-refractivity contribution is 5.79. The van der Waals surface area contributed by atoms with Gasteiger partial charge in [-0.1, -0.05) is 24.0 Å². The molecule has 0 atom stereocenters. The van der Waals surface area contributed by atoms with E-state index in [2.05, 4.69) is 16.8 Å². The third-order valence-electron chi connectivity index (χ3n) is 2.30. The Morgan fingerprint density at radius 1 is 1.25 bits per heavy atom. The number of aromatic nitrogens is 1. The van der Waals surface area contributed by atoms with E-state index in [-0.39, 0.29) is 6.61 Å². The highest BCUT2D eigenvalue weighted by atomic mass is 16.2. The lowest BCUT2D eigenvalue weighted by Gasteiger charge is -1.96. The molecule has 1 aromatic carbocycles. The summed E-state index contributed by atoms with van der Waals surface area (Å²) in [6.07, 6.45) is 3.25. The van der Waals surface area contributed by atoms with E-state index in [1.807, 2.05) is 30.3 Å². The van der Waals surface area contributed by atoms with Gasteiger partial charge in [0.2, 0.25) is 0 Å². The molecule has 0 aliphatic heterocycles. The van der Waals surface area contributed by atoms with Crippen LogP contribution >= 0.6 is 0 Å². The van der Waals surface area contributed by atoms with E-state index in [1.165, 1.54) is 0 Å². The molecular weight excluding hydrogens is 198 g/mol. The van der Waals surface area contributed by atoms with E-state index in [4.69, 9.17) is 5.11 Å². The number of fused-ring (bicyclic) bond motifs is 1. The molecule has 2 nitrogen and oxygen atoms in total. The Kier molecular flexibility index (Phi) is 3.53. The molecular formula is C14H13NO. The maximum Gasteiger partial charge on any atom is 0.0714 e. The van der Waals surface area contributed by atoms with E-state index >= 15 is 0 Å². The Hall–Kier alpha value is -1.85. The fourth-order valence-corrected chi connectivity index (χ4v) is 1.48. The van der Waals surface area contributed by atoms with E-state index in [0.29, 0.717) is 0 Å². The lowest BCUT2D eigenvalue weighted by molar-refractivity contribution is 0.290. The summed E-state index contributed by atoms with van der Waals surface area (Å²) in [5.74, 6) is 6.10. The van der Waals surface area contributed by atoms with Gasteiger partial charge in [0.1, 0.15) is 0 Å². The third-order valence-corrected chi connectivity index (χ3v) is 2.30. The zero-order valence-corrected chi connectivity index (χ0v) is 8.98. The average molecular weight is 211 g/mol. The standard InChI is InChI=1S/C14H13NO/c16-10-3-1-2-5-12-7-8-13-6-4-9-15-14(13)11-12/h4,6-9,11,16H,1,3,10H2. The summed E-state index contributed by atoms with van der Waals surface area (Å²) < 4.78 is 0. The summed E-state index contributed by atoms with van der Waals surface area (Å²) >= 11 is 0. The predicted molar refractivity (Wildman–Crippen MR) is 64.9 cm³/mol. The molecule has 0 fully saturated rings. The Morgan fingerprint density at radius 2 is 2.19 bits per heavy atom. The van der Waals surface area contributed by atoms with Gasteiger partial charge in [0, 0.05) is 30.2 Å². The van der Waals surface area contributed by atoms with Crippen LogP contribution in [0, 0.1) is 11.8 Å². The normalized spacial score (nSPS) is 9.81. The molecule has 0 unspecified atom stereocenters. The summed E-state index contributed by atoms with van der Waals surface area (Å²) in [5, 5.41) is 9.76. The van der Waals surface area contributed by atoms with Gasteiger partial charge in [-0.3, -0.25) is 4.98 Å². The molecule has 80 valence electrons. The van der Waals surface area contributed by atoms with Gasteiger partial charge in [-0.15, -0.1) is 0 Å². The predicted octanol–water partition coefficient (Wildman–Crippen LogP) is 2.36. The molecule has 0 aliphatic rings. The molecule has 1 aromatic heterocycles. The van der Waals surface area contributed by atoms with Crippen LogP contribution in [0.15, 0.2) is 36.5 Å². The number of benzene rings is 1. The molecule has 0 amide bonds. The van der Waals surface area contributed by atoms with Crippen LogP contribution < -0.4 is 0 Å². The quantitative estimate of drug-likeness (QED) is 0.611. The summed E-state index contributed by atoms with van der Waals surface area (Å²) in [6.45, 7) is 0.202. The molecule has 0 spiro atoms. The van der Waals surface area contributed by atoms with Crippen molar-refractivity contribution in [2.75, 3.05) is 6.61 Å². The number of nitrogens with zero attached hydrogens (tertiary/aromatic N) is 1. The second-order valence-corrected chi connectivity index (χ2v) is 3.54. The van der Waals surface area contributed by atoms with Crippen molar-refractivity contribution in [2.24, 2.45) is 0 Å². The fourth-order valence-electron chi connectivity index (χ4n) is 1.48. The van der Waals surface area contributed by atoms with Crippen molar-refractivity contribution in [3.63, 3.8) is 0 Å². The number of hydrogen-bond acceptors (Lipinski definition) is 2. The van der Waals surface area contributed by atoms with E-state index in [9.17, 15) is 0 Å². The molecule has 2 heteroatoms. The molecule has 1 heterocycles. The fraction of sp³-hybridized carbons (Fsp3) is 0.214.